The molecule has 0 spiro atoms. The fourth-order valence-corrected chi connectivity index (χ4v) is 5.69. The lowest BCUT2D eigenvalue weighted by Crippen LogP contribution is -2.48. The van der Waals surface area contributed by atoms with Crippen LogP contribution < -0.4 is 9.62 Å². The number of pyridine rings is 1. The molecule has 2 atom stereocenters. The van der Waals surface area contributed by atoms with Crippen LogP contribution in [0.3, 0.4) is 0 Å². The van der Waals surface area contributed by atoms with Gasteiger partial charge in [-0.1, -0.05) is 30.3 Å². The quantitative estimate of drug-likeness (QED) is 0.681. The van der Waals surface area contributed by atoms with Gasteiger partial charge in [0.25, 0.3) is 0 Å². The molecule has 168 valence electrons. The van der Waals surface area contributed by atoms with E-state index in [9.17, 15) is 13.5 Å². The number of ether oxygens (including phenoxy) is 1. The summed E-state index contributed by atoms with van der Waals surface area (Å²) in [5, 5.41) is 10.3. The van der Waals surface area contributed by atoms with Crippen molar-refractivity contribution in [2.24, 2.45) is 0 Å². The SMILES string of the molecule is CS(=O)(=O)N[C@H]1CCN(c2ncccc2O)[C@H]1COC1CCC(c2ccccc2)CC1. The van der Waals surface area contributed by atoms with Gasteiger partial charge in [0, 0.05) is 18.8 Å². The Bertz CT molecular complexity index is 962. The van der Waals surface area contributed by atoms with Crippen molar-refractivity contribution in [2.45, 2.75) is 56.2 Å². The molecule has 1 saturated heterocycles. The molecular formula is C23H31N3O4S. The third-order valence-corrected chi connectivity index (χ3v) is 7.13. The lowest BCUT2D eigenvalue weighted by Gasteiger charge is -2.33. The highest BCUT2D eigenvalue weighted by atomic mass is 32.2. The maximum atomic E-state index is 11.9. The summed E-state index contributed by atoms with van der Waals surface area (Å²) < 4.78 is 32.8. The van der Waals surface area contributed by atoms with Gasteiger partial charge in [0.05, 0.1) is 25.0 Å². The van der Waals surface area contributed by atoms with Crippen LogP contribution >= 0.6 is 0 Å². The monoisotopic (exact) mass is 445 g/mol. The van der Waals surface area contributed by atoms with E-state index >= 15 is 0 Å². The molecule has 0 radical (unpaired) electrons. The lowest BCUT2D eigenvalue weighted by molar-refractivity contribution is 0.0156. The second kappa shape index (κ2) is 9.54. The predicted octanol–water partition coefficient (Wildman–Crippen LogP) is 3.03. The number of nitrogens with zero attached hydrogens (tertiary/aromatic N) is 2. The Hall–Kier alpha value is -2.16. The summed E-state index contributed by atoms with van der Waals surface area (Å²) in [5.74, 6) is 1.15. The van der Waals surface area contributed by atoms with Crippen LogP contribution in [0.25, 0.3) is 0 Å². The molecule has 8 heteroatoms. The highest BCUT2D eigenvalue weighted by molar-refractivity contribution is 7.88. The van der Waals surface area contributed by atoms with Crippen molar-refractivity contribution in [3.05, 3.63) is 54.2 Å². The maximum absolute atomic E-state index is 11.9. The van der Waals surface area contributed by atoms with E-state index in [1.165, 1.54) is 11.8 Å². The molecule has 4 rings (SSSR count). The van der Waals surface area contributed by atoms with Crippen molar-refractivity contribution >= 4 is 15.8 Å². The molecule has 2 aromatic rings. The van der Waals surface area contributed by atoms with Crippen molar-refractivity contribution in [1.29, 1.82) is 0 Å². The van der Waals surface area contributed by atoms with Crippen LogP contribution in [-0.4, -0.2) is 56.1 Å². The molecule has 0 amide bonds. The zero-order valence-electron chi connectivity index (χ0n) is 17.9. The molecule has 0 bridgehead atoms. The van der Waals surface area contributed by atoms with Crippen LogP contribution in [0.5, 0.6) is 5.75 Å². The first-order valence-electron chi connectivity index (χ1n) is 10.9. The van der Waals surface area contributed by atoms with Crippen molar-refractivity contribution in [2.75, 3.05) is 24.3 Å². The van der Waals surface area contributed by atoms with Gasteiger partial charge >= 0.3 is 0 Å². The second-order valence-corrected chi connectivity index (χ2v) is 10.4. The molecule has 0 unspecified atom stereocenters. The minimum Gasteiger partial charge on any atom is -0.504 e. The van der Waals surface area contributed by atoms with Crippen LogP contribution in [-0.2, 0) is 14.8 Å². The average Bonchev–Trinajstić information content (AvgIpc) is 3.14. The van der Waals surface area contributed by atoms with E-state index in [4.69, 9.17) is 4.74 Å². The van der Waals surface area contributed by atoms with Gasteiger partial charge in [0.2, 0.25) is 10.0 Å². The van der Waals surface area contributed by atoms with E-state index in [1.807, 2.05) is 11.0 Å². The maximum Gasteiger partial charge on any atom is 0.209 e. The van der Waals surface area contributed by atoms with E-state index < -0.39 is 10.0 Å². The van der Waals surface area contributed by atoms with Crippen LogP contribution in [0, 0.1) is 0 Å². The molecule has 1 aromatic heterocycles. The number of aromatic hydroxyl groups is 1. The number of rotatable bonds is 7. The Morgan fingerprint density at radius 3 is 2.52 bits per heavy atom. The van der Waals surface area contributed by atoms with Gasteiger partial charge in [-0.3, -0.25) is 0 Å². The van der Waals surface area contributed by atoms with Crippen molar-refractivity contribution in [3.63, 3.8) is 0 Å². The average molecular weight is 446 g/mol. The van der Waals surface area contributed by atoms with Crippen molar-refractivity contribution in [3.8, 4) is 5.75 Å². The highest BCUT2D eigenvalue weighted by Crippen LogP contribution is 2.35. The van der Waals surface area contributed by atoms with E-state index in [2.05, 4.69) is 34.0 Å². The minimum atomic E-state index is -3.35. The molecule has 31 heavy (non-hydrogen) atoms. The Morgan fingerprint density at radius 1 is 1.10 bits per heavy atom. The summed E-state index contributed by atoms with van der Waals surface area (Å²) in [4.78, 5) is 6.29. The molecule has 1 aliphatic carbocycles. The lowest BCUT2D eigenvalue weighted by atomic mass is 9.83. The smallest absolute Gasteiger partial charge is 0.209 e. The molecule has 2 fully saturated rings. The Kier molecular flexibility index (Phi) is 6.79. The van der Waals surface area contributed by atoms with Crippen LogP contribution in [0.15, 0.2) is 48.7 Å². The fraction of sp³-hybridized carbons (Fsp3) is 0.522. The number of anilines is 1. The molecule has 1 aliphatic heterocycles. The van der Waals surface area contributed by atoms with E-state index in [0.717, 1.165) is 25.7 Å². The zero-order valence-corrected chi connectivity index (χ0v) is 18.7. The summed E-state index contributed by atoms with van der Waals surface area (Å²) in [6, 6.07) is 13.4. The molecular weight excluding hydrogens is 414 g/mol. The topological polar surface area (TPSA) is 91.8 Å². The summed E-state index contributed by atoms with van der Waals surface area (Å²) in [5.41, 5.74) is 1.39. The second-order valence-electron chi connectivity index (χ2n) is 8.61. The van der Waals surface area contributed by atoms with Crippen molar-refractivity contribution < 1.29 is 18.3 Å². The number of aromatic nitrogens is 1. The Balaban J connectivity index is 1.40. The van der Waals surface area contributed by atoms with Gasteiger partial charge in [0.15, 0.2) is 11.6 Å². The zero-order chi connectivity index (χ0) is 21.8. The fourth-order valence-electron chi connectivity index (χ4n) is 4.87. The summed E-state index contributed by atoms with van der Waals surface area (Å²) in [6.45, 7) is 0.996. The van der Waals surface area contributed by atoms with Crippen molar-refractivity contribution in [1.82, 2.24) is 9.71 Å². The summed E-state index contributed by atoms with van der Waals surface area (Å²) in [6.07, 6.45) is 7.78. The van der Waals surface area contributed by atoms with E-state index in [1.54, 1.807) is 18.3 Å². The number of sulfonamides is 1. The third-order valence-electron chi connectivity index (χ3n) is 6.40. The number of hydrogen-bond acceptors (Lipinski definition) is 6. The first-order chi connectivity index (χ1) is 14.9. The largest absolute Gasteiger partial charge is 0.504 e. The minimum absolute atomic E-state index is 0.0934. The number of nitrogens with one attached hydrogen (secondary N) is 1. The molecule has 1 aromatic carbocycles. The highest BCUT2D eigenvalue weighted by Gasteiger charge is 2.38. The van der Waals surface area contributed by atoms with Gasteiger partial charge in [-0.25, -0.2) is 18.1 Å². The van der Waals surface area contributed by atoms with Crippen LogP contribution in [0.1, 0.15) is 43.6 Å². The first kappa shape index (κ1) is 22.0. The van der Waals surface area contributed by atoms with Gasteiger partial charge in [-0.05, 0) is 55.7 Å². The van der Waals surface area contributed by atoms with Gasteiger partial charge < -0.3 is 14.7 Å². The van der Waals surface area contributed by atoms with Crippen LogP contribution in [0.2, 0.25) is 0 Å². The molecule has 2 aliphatic rings. The predicted molar refractivity (Wildman–Crippen MR) is 121 cm³/mol. The number of hydrogen-bond donors (Lipinski definition) is 2. The standard InChI is InChI=1S/C23H31N3O4S/c1-31(28,29)25-20-13-15-26(23-22(27)8-5-14-24-23)21(20)16-30-19-11-9-18(10-12-19)17-6-3-2-4-7-17/h2-8,14,18-21,25,27H,9-13,15-16H2,1H3/t18?,19?,20-,21-/m0/s1. The van der Waals surface area contributed by atoms with Crippen LogP contribution in [0.4, 0.5) is 5.82 Å². The van der Waals surface area contributed by atoms with E-state index in [-0.39, 0.29) is 23.9 Å². The Labute approximate surface area is 184 Å². The summed E-state index contributed by atoms with van der Waals surface area (Å²) >= 11 is 0. The van der Waals surface area contributed by atoms with Gasteiger partial charge in [0.1, 0.15) is 0 Å². The molecule has 2 N–H and O–H groups in total. The van der Waals surface area contributed by atoms with Gasteiger partial charge in [-0.2, -0.15) is 0 Å². The van der Waals surface area contributed by atoms with E-state index in [0.29, 0.717) is 31.3 Å². The molecule has 7 nitrogen and oxygen atoms in total. The first-order valence-corrected chi connectivity index (χ1v) is 12.8. The Morgan fingerprint density at radius 2 is 1.84 bits per heavy atom. The normalized spacial score (nSPS) is 26.8. The summed E-state index contributed by atoms with van der Waals surface area (Å²) in [7, 11) is -3.35. The molecule has 2 heterocycles. The number of benzene rings is 1. The molecule has 1 saturated carbocycles. The third kappa shape index (κ3) is 5.56. The van der Waals surface area contributed by atoms with Gasteiger partial charge in [-0.15, -0.1) is 0 Å².